The second kappa shape index (κ2) is 6.92. The van der Waals surface area contributed by atoms with Crippen molar-refractivity contribution in [1.82, 2.24) is 10.4 Å². The maximum absolute atomic E-state index is 12.7. The van der Waals surface area contributed by atoms with Crippen LogP contribution in [0.5, 0.6) is 0 Å². The molecule has 2 aromatic carbocycles. The summed E-state index contributed by atoms with van der Waals surface area (Å²) in [5.41, 5.74) is 5.67. The average Bonchev–Trinajstić information content (AvgIpc) is 3.47. The number of benzene rings is 2. The topological polar surface area (TPSA) is 54.4 Å². The molecule has 0 bridgehead atoms. The van der Waals surface area contributed by atoms with Crippen LogP contribution in [-0.2, 0) is 10.2 Å². The van der Waals surface area contributed by atoms with Gasteiger partial charge in [-0.1, -0.05) is 60.7 Å². The predicted octanol–water partition coefficient (Wildman–Crippen LogP) is 3.54. The molecule has 1 aromatic heterocycles. The van der Waals surface area contributed by atoms with Crippen molar-refractivity contribution in [3.63, 3.8) is 0 Å². The molecule has 26 heavy (non-hydrogen) atoms. The Kier molecular flexibility index (Phi) is 4.32. The third-order valence-corrected chi connectivity index (χ3v) is 4.95. The molecule has 1 aliphatic carbocycles. The number of hydrogen-bond donors (Lipinski definition) is 1. The second-order valence-electron chi connectivity index (χ2n) is 6.47. The highest BCUT2D eigenvalue weighted by molar-refractivity contribution is 5.87. The molecule has 0 spiro atoms. The van der Waals surface area contributed by atoms with Crippen molar-refractivity contribution in [2.24, 2.45) is 11.0 Å². The lowest BCUT2D eigenvalue weighted by molar-refractivity contribution is -0.122. The molecule has 1 atom stereocenters. The van der Waals surface area contributed by atoms with Crippen molar-refractivity contribution in [2.45, 2.75) is 11.8 Å². The zero-order valence-corrected chi connectivity index (χ0v) is 14.2. The zero-order chi connectivity index (χ0) is 17.8. The van der Waals surface area contributed by atoms with E-state index in [0.29, 0.717) is 0 Å². The molecule has 4 rings (SSSR count). The lowest BCUT2D eigenvalue weighted by Crippen LogP contribution is -2.25. The Hall–Kier alpha value is -3.27. The van der Waals surface area contributed by atoms with Crippen molar-refractivity contribution in [3.8, 4) is 0 Å². The minimum Gasteiger partial charge on any atom is -0.273 e. The van der Waals surface area contributed by atoms with Gasteiger partial charge in [0.2, 0.25) is 5.91 Å². The van der Waals surface area contributed by atoms with Crippen LogP contribution >= 0.6 is 0 Å². The van der Waals surface area contributed by atoms with Gasteiger partial charge in [-0.15, -0.1) is 0 Å². The van der Waals surface area contributed by atoms with Crippen LogP contribution in [-0.4, -0.2) is 17.1 Å². The molecule has 1 N–H and O–H groups in total. The SMILES string of the molecule is O=C(N/N=C/c1ccncc1)[C@@H]1CC1(c1ccccc1)c1ccccc1. The highest BCUT2D eigenvalue weighted by atomic mass is 16.2. The lowest BCUT2D eigenvalue weighted by atomic mass is 9.85. The summed E-state index contributed by atoms with van der Waals surface area (Å²) in [6, 6.07) is 24.2. The van der Waals surface area contributed by atoms with E-state index in [-0.39, 0.29) is 17.2 Å². The van der Waals surface area contributed by atoms with Gasteiger partial charge in [-0.05, 0) is 35.2 Å². The molecule has 1 amide bonds. The van der Waals surface area contributed by atoms with Crippen LogP contribution < -0.4 is 5.43 Å². The van der Waals surface area contributed by atoms with Gasteiger partial charge in [0.05, 0.1) is 12.1 Å². The molecule has 4 heteroatoms. The van der Waals surface area contributed by atoms with E-state index in [0.717, 1.165) is 12.0 Å². The number of hydrogen-bond acceptors (Lipinski definition) is 3. The summed E-state index contributed by atoms with van der Waals surface area (Å²) in [6.07, 6.45) is 5.81. The summed E-state index contributed by atoms with van der Waals surface area (Å²) >= 11 is 0. The molecule has 0 saturated heterocycles. The van der Waals surface area contributed by atoms with Crippen molar-refractivity contribution in [1.29, 1.82) is 0 Å². The fourth-order valence-electron chi connectivity index (χ4n) is 3.55. The summed E-state index contributed by atoms with van der Waals surface area (Å²) in [4.78, 5) is 16.7. The van der Waals surface area contributed by atoms with Gasteiger partial charge in [0, 0.05) is 17.8 Å². The van der Waals surface area contributed by atoms with Crippen molar-refractivity contribution >= 4 is 12.1 Å². The van der Waals surface area contributed by atoms with E-state index in [2.05, 4.69) is 39.8 Å². The summed E-state index contributed by atoms with van der Waals surface area (Å²) in [7, 11) is 0. The smallest absolute Gasteiger partial charge is 0.244 e. The number of rotatable bonds is 5. The molecular weight excluding hydrogens is 322 g/mol. The highest BCUT2D eigenvalue weighted by Gasteiger charge is 2.60. The number of carbonyl (C=O) groups excluding carboxylic acids is 1. The number of aromatic nitrogens is 1. The third kappa shape index (κ3) is 3.02. The van der Waals surface area contributed by atoms with Crippen molar-refractivity contribution < 1.29 is 4.79 Å². The summed E-state index contributed by atoms with van der Waals surface area (Å²) in [5, 5.41) is 4.10. The largest absolute Gasteiger partial charge is 0.273 e. The molecule has 0 aliphatic heterocycles. The van der Waals surface area contributed by atoms with E-state index >= 15 is 0 Å². The first-order valence-electron chi connectivity index (χ1n) is 8.65. The van der Waals surface area contributed by atoms with Crippen LogP contribution in [0.15, 0.2) is 90.3 Å². The van der Waals surface area contributed by atoms with Gasteiger partial charge in [-0.25, -0.2) is 5.43 Å². The van der Waals surface area contributed by atoms with E-state index in [4.69, 9.17) is 0 Å². The Morgan fingerprint density at radius 3 is 2.12 bits per heavy atom. The number of amides is 1. The maximum Gasteiger partial charge on any atom is 0.244 e. The molecular formula is C22H19N3O. The van der Waals surface area contributed by atoms with Gasteiger partial charge in [-0.2, -0.15) is 5.10 Å². The fraction of sp³-hybridized carbons (Fsp3) is 0.136. The first-order valence-corrected chi connectivity index (χ1v) is 8.65. The van der Waals surface area contributed by atoms with Crippen LogP contribution in [0, 0.1) is 5.92 Å². The normalized spacial score (nSPS) is 17.8. The van der Waals surface area contributed by atoms with Crippen LogP contribution in [0.1, 0.15) is 23.1 Å². The number of pyridine rings is 1. The molecule has 128 valence electrons. The van der Waals surface area contributed by atoms with Crippen molar-refractivity contribution in [3.05, 3.63) is 102 Å². The molecule has 3 aromatic rings. The van der Waals surface area contributed by atoms with Gasteiger partial charge in [0.15, 0.2) is 0 Å². The highest BCUT2D eigenvalue weighted by Crippen LogP contribution is 2.58. The molecule has 1 heterocycles. The Morgan fingerprint density at radius 2 is 1.54 bits per heavy atom. The zero-order valence-electron chi connectivity index (χ0n) is 14.2. The third-order valence-electron chi connectivity index (χ3n) is 4.95. The van der Waals surface area contributed by atoms with E-state index in [9.17, 15) is 4.79 Å². The summed E-state index contributed by atoms with van der Waals surface area (Å²) in [5.74, 6) is -0.176. The summed E-state index contributed by atoms with van der Waals surface area (Å²) < 4.78 is 0. The van der Waals surface area contributed by atoms with Gasteiger partial charge in [0.1, 0.15) is 0 Å². The fourth-order valence-corrected chi connectivity index (χ4v) is 3.55. The van der Waals surface area contributed by atoms with E-state index in [1.165, 1.54) is 11.1 Å². The standard InChI is InChI=1S/C22H19N3O/c26-21(25-24-16-17-11-13-23-14-12-17)20-15-22(20,18-7-3-1-4-8-18)19-9-5-2-6-10-19/h1-14,16,20H,15H2,(H,25,26)/b24-16+/t20-/m0/s1. The van der Waals surface area contributed by atoms with Gasteiger partial charge in [0.25, 0.3) is 0 Å². The van der Waals surface area contributed by atoms with Crippen molar-refractivity contribution in [2.75, 3.05) is 0 Å². The number of carbonyl (C=O) groups is 1. The number of nitrogens with zero attached hydrogens (tertiary/aromatic N) is 2. The van der Waals surface area contributed by atoms with Gasteiger partial charge >= 0.3 is 0 Å². The predicted molar refractivity (Wildman–Crippen MR) is 102 cm³/mol. The molecule has 1 aliphatic rings. The average molecular weight is 341 g/mol. The number of hydrazone groups is 1. The van der Waals surface area contributed by atoms with Crippen LogP contribution in [0.4, 0.5) is 0 Å². The Bertz CT molecular complexity index is 868. The van der Waals surface area contributed by atoms with E-state index < -0.39 is 0 Å². The Labute approximate surface area is 152 Å². The quantitative estimate of drug-likeness (QED) is 0.570. The van der Waals surface area contributed by atoms with E-state index in [1.54, 1.807) is 18.6 Å². The Balaban J connectivity index is 1.55. The molecule has 1 saturated carbocycles. The monoisotopic (exact) mass is 341 g/mol. The van der Waals surface area contributed by atoms with E-state index in [1.807, 2.05) is 48.5 Å². The first kappa shape index (κ1) is 16.2. The molecule has 4 nitrogen and oxygen atoms in total. The maximum atomic E-state index is 12.7. The first-order chi connectivity index (χ1) is 12.8. The molecule has 0 unspecified atom stereocenters. The van der Waals surface area contributed by atoms with Crippen LogP contribution in [0.2, 0.25) is 0 Å². The molecule has 0 radical (unpaired) electrons. The lowest BCUT2D eigenvalue weighted by Gasteiger charge is -2.18. The second-order valence-corrected chi connectivity index (χ2v) is 6.47. The van der Waals surface area contributed by atoms with Gasteiger partial charge < -0.3 is 0 Å². The minimum absolute atomic E-state index is 0.0528. The molecule has 1 fully saturated rings. The summed E-state index contributed by atoms with van der Waals surface area (Å²) in [6.45, 7) is 0. The van der Waals surface area contributed by atoms with Gasteiger partial charge in [-0.3, -0.25) is 9.78 Å². The van der Waals surface area contributed by atoms with Crippen LogP contribution in [0.25, 0.3) is 0 Å². The minimum atomic E-state index is -0.265. The Morgan fingerprint density at radius 1 is 0.962 bits per heavy atom. The number of nitrogens with one attached hydrogen (secondary N) is 1. The van der Waals surface area contributed by atoms with Crippen LogP contribution in [0.3, 0.4) is 0 Å².